The number of nitrogens with two attached hydrogens (primary N) is 3. The molecule has 18 rings (SSSR count). The summed E-state index contributed by atoms with van der Waals surface area (Å²) in [6.45, 7) is 6.06. The van der Waals surface area contributed by atoms with Gasteiger partial charge in [0.15, 0.2) is 16.9 Å². The van der Waals surface area contributed by atoms with Gasteiger partial charge in [-0.3, -0.25) is 19.3 Å². The van der Waals surface area contributed by atoms with Crippen molar-refractivity contribution < 1.29 is 28.6 Å². The standard InChI is InChI=1S/C32H37N7O2.C31H35N7O2.C30H33N7O2/c33-31-29-30(23-15-17-27(18-16-23)41-26-12-5-2-6-13-26)37-39(32(29)36-22-35-31)25-11-8-20-38(21-25)28(40)14-7-19-34-24-9-3-1-4-10-24;32-30-28-29(22-13-15-26(16-14-22)40-25-10-5-2-6-11-25)36-38(31(28)35-21-34-30)24-17-19-37(20-24)27(39)12-7-18-33-23-8-3-1-4-9-23;1-35(22-7-5-8-22)17-6-11-26(38)36-18-16-23(19-36)37-30-27(29(31)32-20-33-30)28(34-37)21-12-14-25(15-13-21)39-24-9-3-2-4-10-24/h2,5-7,12-18,22,24-25,34H,1,3-4,8-11,19-21H2,(H2,33,35,36);2,5-7,10-16,21,23-24,33H,1,3-4,8-9,17-20H2,(H2,32,34,35);2-4,6,9-15,20,22-23H,5,7-8,16-19H2,1H3,(H2,31,32,33)/b14-7+;12-7+;11-6+/t25-;24-;23-/m111/s1. The molecule has 3 saturated heterocycles. The molecule has 8 N–H and O–H groups in total. The summed E-state index contributed by atoms with van der Waals surface area (Å²) in [5.74, 6) is 5.80. The molecule has 0 unspecified atom stereocenters. The molecule has 0 bridgehead atoms. The van der Waals surface area contributed by atoms with E-state index in [1.165, 1.54) is 102 Å². The van der Waals surface area contributed by atoms with E-state index in [1.807, 2.05) is 211 Å². The first-order valence-corrected chi connectivity index (χ1v) is 42.4. The highest BCUT2D eigenvalue weighted by Crippen LogP contribution is 2.40. The van der Waals surface area contributed by atoms with Crippen LogP contribution < -0.4 is 42.0 Å². The molecule has 12 aromatic rings. The number of carbonyl (C=O) groups excluding carboxylic acids is 3. The van der Waals surface area contributed by atoms with Crippen LogP contribution in [0.25, 0.3) is 66.9 Å². The molecular weight excluding hydrogens is 1510 g/mol. The zero-order valence-corrected chi connectivity index (χ0v) is 68.0. The van der Waals surface area contributed by atoms with Crippen LogP contribution in [0.4, 0.5) is 17.5 Å². The number of nitrogens with zero attached hydrogens (tertiary/aromatic N) is 16. The number of nitrogens with one attached hydrogen (secondary N) is 2. The van der Waals surface area contributed by atoms with Gasteiger partial charge in [0, 0.05) is 112 Å². The van der Waals surface area contributed by atoms with E-state index in [4.69, 9.17) is 46.7 Å². The van der Waals surface area contributed by atoms with Crippen molar-refractivity contribution >= 4 is 68.3 Å². The molecule has 618 valence electrons. The highest BCUT2D eigenvalue weighted by atomic mass is 16.5. The van der Waals surface area contributed by atoms with Crippen LogP contribution in [0.1, 0.15) is 127 Å². The average molecular weight is 1610 g/mol. The van der Waals surface area contributed by atoms with Crippen molar-refractivity contribution in [2.24, 2.45) is 0 Å². The van der Waals surface area contributed by atoms with Crippen molar-refractivity contribution in [3.63, 3.8) is 0 Å². The highest BCUT2D eigenvalue weighted by molar-refractivity contribution is 6.01. The number of ether oxygens (including phenoxy) is 3. The molecule has 3 aliphatic carbocycles. The summed E-state index contributed by atoms with van der Waals surface area (Å²) in [4.78, 5) is 73.2. The van der Waals surface area contributed by atoms with Gasteiger partial charge in [0.25, 0.3) is 0 Å². The first-order chi connectivity index (χ1) is 58.9. The number of piperidine rings is 1. The van der Waals surface area contributed by atoms with Crippen LogP contribution in [0.15, 0.2) is 219 Å². The molecule has 6 aromatic carbocycles. The molecule has 3 amide bonds. The Labute approximate surface area is 698 Å². The fourth-order valence-electron chi connectivity index (χ4n) is 16.9. The second-order valence-electron chi connectivity index (χ2n) is 31.8. The summed E-state index contributed by atoms with van der Waals surface area (Å²) in [6.07, 6.45) is 35.4. The van der Waals surface area contributed by atoms with Crippen molar-refractivity contribution in [3.8, 4) is 68.3 Å². The third-order valence-electron chi connectivity index (χ3n) is 23.7. The number of likely N-dealkylation sites (N-methyl/N-ethyl adjacent to an activating group) is 1. The molecular formula is C93H105N21O6. The molecule has 27 nitrogen and oxygen atoms in total. The van der Waals surface area contributed by atoms with Gasteiger partial charge in [-0.05, 0) is 180 Å². The number of hydrogen-bond acceptors (Lipinski definition) is 21. The summed E-state index contributed by atoms with van der Waals surface area (Å²) in [6, 6.07) is 54.1. The number of fused-ring (bicyclic) bond motifs is 3. The summed E-state index contributed by atoms with van der Waals surface area (Å²) in [5.41, 5.74) is 25.9. The fourth-order valence-corrected chi connectivity index (χ4v) is 16.9. The van der Waals surface area contributed by atoms with Gasteiger partial charge in [0.1, 0.15) is 88.0 Å². The van der Waals surface area contributed by atoms with Gasteiger partial charge >= 0.3 is 0 Å². The Balaban J connectivity index is 0.000000134. The number of nitrogen functional groups attached to an aromatic ring is 3. The number of anilines is 3. The third-order valence-corrected chi connectivity index (χ3v) is 23.7. The van der Waals surface area contributed by atoms with Crippen LogP contribution in [-0.2, 0) is 14.4 Å². The SMILES string of the molecule is CN(C/C=C/C(=O)N1CC[C@@H](n2nc(-c3ccc(Oc4ccccc4)cc3)c3c(N)ncnc32)C1)C1CCC1.Nc1ncnc2c1c(-c1ccc(Oc3ccccc3)cc1)nn2[C@@H]1CCCN(C(=O)/C=C/CNC2CCCCC2)C1.Nc1ncnc2c1c(-c1ccc(Oc3ccccc3)cc1)nn2[C@@H]1CCN(C(=O)/C=C/CNC2CCCCC2)C1. The van der Waals surface area contributed by atoms with Crippen LogP contribution in [0.2, 0.25) is 0 Å². The minimum absolute atomic E-state index is 0.00366. The molecule has 27 heteroatoms. The zero-order chi connectivity index (χ0) is 82.1. The third kappa shape index (κ3) is 19.7. The van der Waals surface area contributed by atoms with E-state index in [2.05, 4.69) is 52.5 Å². The maximum Gasteiger partial charge on any atom is 0.246 e. The van der Waals surface area contributed by atoms with Gasteiger partial charge in [0.05, 0.1) is 34.3 Å². The predicted octanol–water partition coefficient (Wildman–Crippen LogP) is 15.3. The molecule has 0 spiro atoms. The Kier molecular flexibility index (Phi) is 26.2. The maximum absolute atomic E-state index is 13.1. The normalized spacial score (nSPS) is 18.1. The number of benzene rings is 6. The minimum Gasteiger partial charge on any atom is -0.457 e. The average Bonchev–Trinajstić information content (AvgIpc) is 1.62. The van der Waals surface area contributed by atoms with E-state index in [9.17, 15) is 14.4 Å². The lowest BCUT2D eigenvalue weighted by Gasteiger charge is -2.33. The number of rotatable bonds is 24. The van der Waals surface area contributed by atoms with E-state index in [0.29, 0.717) is 85.2 Å². The lowest BCUT2D eigenvalue weighted by atomic mass is 9.92. The van der Waals surface area contributed by atoms with E-state index in [1.54, 1.807) is 18.2 Å². The van der Waals surface area contributed by atoms with E-state index in [0.717, 1.165) is 136 Å². The fraction of sp³-hybridized carbons (Fsp3) is 0.355. The molecule has 120 heavy (non-hydrogen) atoms. The topological polar surface area (TPSA) is 325 Å². The van der Waals surface area contributed by atoms with Crippen LogP contribution in [0.5, 0.6) is 34.5 Å². The quantitative estimate of drug-likeness (QED) is 0.0351. The summed E-state index contributed by atoms with van der Waals surface area (Å²) in [5, 5.41) is 24.2. The van der Waals surface area contributed by atoms with Gasteiger partial charge in [-0.1, -0.05) is 118 Å². The van der Waals surface area contributed by atoms with Crippen LogP contribution in [0.3, 0.4) is 0 Å². The van der Waals surface area contributed by atoms with Gasteiger partial charge < -0.3 is 56.7 Å². The largest absolute Gasteiger partial charge is 0.457 e. The van der Waals surface area contributed by atoms with Gasteiger partial charge in [0.2, 0.25) is 17.7 Å². The number of para-hydroxylation sites is 3. The molecule has 3 aliphatic heterocycles. The van der Waals surface area contributed by atoms with Crippen LogP contribution in [0, 0.1) is 0 Å². The number of amides is 3. The smallest absolute Gasteiger partial charge is 0.246 e. The van der Waals surface area contributed by atoms with Crippen molar-refractivity contribution in [2.75, 3.05) is 83.2 Å². The number of aromatic nitrogens is 12. The van der Waals surface area contributed by atoms with Crippen molar-refractivity contribution in [1.29, 1.82) is 0 Å². The lowest BCUT2D eigenvalue weighted by Crippen LogP contribution is -2.40. The minimum atomic E-state index is -0.00676. The van der Waals surface area contributed by atoms with E-state index in [-0.39, 0.29) is 35.8 Å². The van der Waals surface area contributed by atoms with Crippen LogP contribution >= 0.6 is 0 Å². The van der Waals surface area contributed by atoms with Crippen molar-refractivity contribution in [3.05, 3.63) is 219 Å². The van der Waals surface area contributed by atoms with Crippen LogP contribution in [-0.4, -0.2) is 181 Å². The number of likely N-dealkylation sites (tertiary alicyclic amines) is 3. The molecule has 6 fully saturated rings. The first kappa shape index (κ1) is 81.0. The number of hydrogen-bond donors (Lipinski definition) is 5. The Morgan fingerprint density at radius 2 is 0.717 bits per heavy atom. The second-order valence-corrected chi connectivity index (χ2v) is 31.8. The van der Waals surface area contributed by atoms with Gasteiger partial charge in [-0.2, -0.15) is 15.3 Å². The monoisotopic (exact) mass is 1610 g/mol. The number of carbonyl (C=O) groups is 3. The van der Waals surface area contributed by atoms with Gasteiger partial charge in [-0.25, -0.2) is 43.9 Å². The van der Waals surface area contributed by atoms with E-state index < -0.39 is 0 Å². The lowest BCUT2D eigenvalue weighted by molar-refractivity contribution is -0.128. The van der Waals surface area contributed by atoms with Crippen molar-refractivity contribution in [1.82, 2.24) is 89.5 Å². The Morgan fingerprint density at radius 1 is 0.383 bits per heavy atom. The predicted molar refractivity (Wildman–Crippen MR) is 468 cm³/mol. The molecule has 6 aliphatic rings. The summed E-state index contributed by atoms with van der Waals surface area (Å²) < 4.78 is 23.6. The maximum atomic E-state index is 13.1. The second kappa shape index (κ2) is 38.8. The zero-order valence-electron chi connectivity index (χ0n) is 68.0. The Morgan fingerprint density at radius 3 is 1.07 bits per heavy atom. The summed E-state index contributed by atoms with van der Waals surface area (Å²) in [7, 11) is 2.13. The molecule has 3 saturated carbocycles. The van der Waals surface area contributed by atoms with E-state index >= 15 is 0 Å². The summed E-state index contributed by atoms with van der Waals surface area (Å²) >= 11 is 0. The molecule has 6 aromatic heterocycles. The molecule has 9 heterocycles. The molecule has 0 radical (unpaired) electrons. The highest BCUT2D eigenvalue weighted by Gasteiger charge is 2.34. The Bertz CT molecular complexity index is 5530. The van der Waals surface area contributed by atoms with Crippen molar-refractivity contribution in [2.45, 2.75) is 145 Å². The molecule has 3 atom stereocenters. The Hall–Kier alpha value is -12.7. The van der Waals surface area contributed by atoms with Gasteiger partial charge in [-0.15, -0.1) is 0 Å². The first-order valence-electron chi connectivity index (χ1n) is 42.4.